The van der Waals surface area contributed by atoms with Crippen LogP contribution in [0.1, 0.15) is 66.2 Å². The average Bonchev–Trinajstić information content (AvgIpc) is 2.63. The summed E-state index contributed by atoms with van der Waals surface area (Å²) in [6.07, 6.45) is 6.81. The maximum Gasteiger partial charge on any atom is 0.302 e. The number of hydrogen-bond donors (Lipinski definition) is 3. The van der Waals surface area contributed by atoms with Gasteiger partial charge in [0.15, 0.2) is 0 Å². The van der Waals surface area contributed by atoms with E-state index in [0.717, 1.165) is 38.5 Å². The van der Waals surface area contributed by atoms with Crippen LogP contribution in [0.3, 0.4) is 0 Å². The molecule has 3 aliphatic carbocycles. The predicted molar refractivity (Wildman–Crippen MR) is 103 cm³/mol. The number of aliphatic hydroxyl groups excluding tert-OH is 3. The van der Waals surface area contributed by atoms with E-state index in [1.165, 1.54) is 12.5 Å². The van der Waals surface area contributed by atoms with Crippen LogP contribution in [0.4, 0.5) is 0 Å². The van der Waals surface area contributed by atoms with Crippen molar-refractivity contribution in [2.45, 2.75) is 78.4 Å². The van der Waals surface area contributed by atoms with Gasteiger partial charge in [-0.2, -0.15) is 0 Å². The van der Waals surface area contributed by atoms with Gasteiger partial charge in [-0.05, 0) is 61.2 Å². The fourth-order valence-corrected chi connectivity index (χ4v) is 6.28. The Hall–Kier alpha value is -0.910. The van der Waals surface area contributed by atoms with E-state index in [4.69, 9.17) is 4.74 Å². The number of esters is 1. The number of carbonyl (C=O) groups is 1. The summed E-state index contributed by atoms with van der Waals surface area (Å²) in [4.78, 5) is 11.6. The number of fused-ring (bicyclic) bond motifs is 3. The van der Waals surface area contributed by atoms with Gasteiger partial charge in [-0.1, -0.05) is 32.4 Å². The van der Waals surface area contributed by atoms with Crippen molar-refractivity contribution in [1.29, 1.82) is 0 Å². The molecule has 3 rings (SSSR count). The van der Waals surface area contributed by atoms with Crippen LogP contribution < -0.4 is 0 Å². The molecular weight excluding hydrogens is 344 g/mol. The van der Waals surface area contributed by atoms with Crippen LogP contribution >= 0.6 is 0 Å². The number of allylic oxidation sites excluding steroid dienone is 1. The first kappa shape index (κ1) is 20.8. The Balaban J connectivity index is 1.91. The smallest absolute Gasteiger partial charge is 0.302 e. The van der Waals surface area contributed by atoms with Crippen molar-refractivity contribution in [3.8, 4) is 0 Å². The molecule has 0 aliphatic heterocycles. The third-order valence-electron chi connectivity index (χ3n) is 8.38. The summed E-state index contributed by atoms with van der Waals surface area (Å²) in [5.74, 6) is 0.542. The van der Waals surface area contributed by atoms with E-state index in [2.05, 4.69) is 19.9 Å². The monoisotopic (exact) mass is 380 g/mol. The summed E-state index contributed by atoms with van der Waals surface area (Å²) >= 11 is 0. The fraction of sp³-hybridized carbons (Fsp3) is 0.864. The molecule has 0 aromatic carbocycles. The second-order valence-electron chi connectivity index (χ2n) is 9.96. The highest BCUT2D eigenvalue weighted by atomic mass is 16.5. The molecule has 0 heterocycles. The number of rotatable bonds is 4. The van der Waals surface area contributed by atoms with E-state index >= 15 is 0 Å². The minimum atomic E-state index is -0.671. The van der Waals surface area contributed by atoms with Gasteiger partial charge in [0.05, 0.1) is 19.3 Å². The average molecular weight is 381 g/mol. The maximum absolute atomic E-state index is 11.6. The molecule has 0 spiro atoms. The van der Waals surface area contributed by atoms with Gasteiger partial charge >= 0.3 is 5.97 Å². The third-order valence-corrected chi connectivity index (χ3v) is 8.38. The third kappa shape index (κ3) is 3.26. The summed E-state index contributed by atoms with van der Waals surface area (Å²) < 4.78 is 5.59. The zero-order valence-electron chi connectivity index (χ0n) is 17.2. The first-order valence-electron chi connectivity index (χ1n) is 10.4. The second-order valence-corrected chi connectivity index (χ2v) is 9.96. The Morgan fingerprint density at radius 3 is 2.56 bits per heavy atom. The van der Waals surface area contributed by atoms with Gasteiger partial charge in [0.25, 0.3) is 0 Å². The van der Waals surface area contributed by atoms with E-state index in [-0.39, 0.29) is 36.1 Å². The minimum Gasteiger partial charge on any atom is -0.462 e. The number of ether oxygens (including phenoxy) is 1. The summed E-state index contributed by atoms with van der Waals surface area (Å²) in [5, 5.41) is 30.1. The molecular formula is C22H36O5. The number of carbonyl (C=O) groups excluding carboxylic acids is 1. The lowest BCUT2D eigenvalue weighted by Gasteiger charge is -2.60. The Morgan fingerprint density at radius 2 is 1.96 bits per heavy atom. The first-order valence-corrected chi connectivity index (χ1v) is 10.4. The molecule has 5 heteroatoms. The molecule has 27 heavy (non-hydrogen) atoms. The van der Waals surface area contributed by atoms with Crippen LogP contribution in [-0.4, -0.2) is 46.7 Å². The summed E-state index contributed by atoms with van der Waals surface area (Å²) in [5.41, 5.74) is 0.622. The molecule has 2 fully saturated rings. The molecule has 3 aliphatic rings. The molecule has 0 bridgehead atoms. The topological polar surface area (TPSA) is 87.0 Å². The van der Waals surface area contributed by atoms with Gasteiger partial charge in [-0.25, -0.2) is 0 Å². The van der Waals surface area contributed by atoms with Crippen molar-refractivity contribution >= 4 is 5.97 Å². The second kappa shape index (κ2) is 7.16. The predicted octanol–water partition coefficient (Wildman–Crippen LogP) is 2.82. The number of aliphatic hydroxyl groups is 3. The summed E-state index contributed by atoms with van der Waals surface area (Å²) in [6.45, 7) is 7.73. The van der Waals surface area contributed by atoms with Crippen molar-refractivity contribution in [2.24, 2.45) is 28.1 Å². The van der Waals surface area contributed by atoms with Crippen molar-refractivity contribution < 1.29 is 24.9 Å². The zero-order valence-corrected chi connectivity index (χ0v) is 17.2. The molecule has 7 atom stereocenters. The van der Waals surface area contributed by atoms with Gasteiger partial charge in [0.2, 0.25) is 0 Å². The van der Waals surface area contributed by atoms with Gasteiger partial charge < -0.3 is 20.1 Å². The van der Waals surface area contributed by atoms with Crippen LogP contribution in [0, 0.1) is 28.1 Å². The maximum atomic E-state index is 11.6. The van der Waals surface area contributed by atoms with E-state index < -0.39 is 11.5 Å². The van der Waals surface area contributed by atoms with Crippen molar-refractivity contribution in [3.05, 3.63) is 11.6 Å². The van der Waals surface area contributed by atoms with Crippen LogP contribution in [0.5, 0.6) is 0 Å². The molecule has 0 saturated heterocycles. The lowest BCUT2D eigenvalue weighted by Crippen LogP contribution is -2.55. The van der Waals surface area contributed by atoms with Crippen LogP contribution in [0.25, 0.3) is 0 Å². The minimum absolute atomic E-state index is 0.0189. The lowest BCUT2D eigenvalue weighted by molar-refractivity contribution is -0.159. The Morgan fingerprint density at radius 1 is 1.26 bits per heavy atom. The largest absolute Gasteiger partial charge is 0.462 e. The van der Waals surface area contributed by atoms with Gasteiger partial charge in [-0.3, -0.25) is 4.79 Å². The summed E-state index contributed by atoms with van der Waals surface area (Å²) in [7, 11) is 0. The molecule has 0 amide bonds. The molecule has 0 radical (unpaired) electrons. The molecule has 3 N–H and O–H groups in total. The highest BCUT2D eigenvalue weighted by Gasteiger charge is 2.57. The SMILES string of the molecule is CC(=O)O[C@H]1CC[C@@H]2C(=CC[C@@H]3C[C@](C)([C@H](O)CO)CC[C@]32C)[C@@]1(C)CO. The number of hydrogen-bond acceptors (Lipinski definition) is 5. The highest BCUT2D eigenvalue weighted by Crippen LogP contribution is 2.63. The lowest BCUT2D eigenvalue weighted by atomic mass is 9.46. The van der Waals surface area contributed by atoms with Crippen LogP contribution in [0.15, 0.2) is 11.6 Å². The molecule has 2 saturated carbocycles. The fourth-order valence-electron chi connectivity index (χ4n) is 6.28. The van der Waals surface area contributed by atoms with E-state index in [9.17, 15) is 20.1 Å². The molecule has 154 valence electrons. The van der Waals surface area contributed by atoms with E-state index in [1.54, 1.807) is 0 Å². The highest BCUT2D eigenvalue weighted by molar-refractivity contribution is 5.66. The van der Waals surface area contributed by atoms with Crippen molar-refractivity contribution in [2.75, 3.05) is 13.2 Å². The molecule has 0 unspecified atom stereocenters. The first-order chi connectivity index (χ1) is 12.6. The van der Waals surface area contributed by atoms with E-state index in [1.807, 2.05) is 6.92 Å². The Kier molecular flexibility index (Phi) is 5.52. The Bertz CT molecular complexity index is 616. The van der Waals surface area contributed by atoms with E-state index in [0.29, 0.717) is 11.8 Å². The van der Waals surface area contributed by atoms with Crippen LogP contribution in [0.2, 0.25) is 0 Å². The Labute approximate surface area is 162 Å². The van der Waals surface area contributed by atoms with Crippen molar-refractivity contribution in [3.63, 3.8) is 0 Å². The molecule has 0 aromatic heterocycles. The van der Waals surface area contributed by atoms with Gasteiger partial charge in [0, 0.05) is 12.3 Å². The summed E-state index contributed by atoms with van der Waals surface area (Å²) in [6, 6.07) is 0. The quantitative estimate of drug-likeness (QED) is 0.516. The van der Waals surface area contributed by atoms with Gasteiger partial charge in [-0.15, -0.1) is 0 Å². The normalized spacial score (nSPS) is 45.3. The standard InChI is InChI=1S/C22H36O5/c1-14(25)27-19-8-7-16-17(22(19,4)13-24)6-5-15-11-20(2,18(26)12-23)9-10-21(15,16)3/h6,15-16,18-19,23-24,26H,5,7-13H2,1-4H3/t15-,16-,18-,19+,20-,21-,22-/m1/s1. The van der Waals surface area contributed by atoms with Gasteiger partial charge in [0.1, 0.15) is 6.10 Å². The molecule has 0 aromatic rings. The molecule has 5 nitrogen and oxygen atoms in total. The zero-order chi connectivity index (χ0) is 20.0. The van der Waals surface area contributed by atoms with Crippen LogP contribution in [-0.2, 0) is 9.53 Å². The van der Waals surface area contributed by atoms with Crippen molar-refractivity contribution in [1.82, 2.24) is 0 Å².